The Morgan fingerprint density at radius 3 is 1.80 bits per heavy atom. The van der Waals surface area contributed by atoms with Gasteiger partial charge in [-0.25, -0.2) is 23.9 Å². The first kappa shape index (κ1) is 35.7. The number of halogens is 2. The summed E-state index contributed by atoms with van der Waals surface area (Å²) in [6.45, 7) is 2.64. The number of ether oxygens (including phenoxy) is 1. The molecule has 0 radical (unpaired) electrons. The van der Waals surface area contributed by atoms with Crippen molar-refractivity contribution in [3.63, 3.8) is 0 Å². The molecule has 1 aromatic carbocycles. The Morgan fingerprint density at radius 2 is 1.28 bits per heavy atom. The molecule has 0 N–H and O–H groups in total. The summed E-state index contributed by atoms with van der Waals surface area (Å²) in [5.41, 5.74) is 1.11. The normalized spacial score (nSPS) is 19.0. The SMILES string of the molecule is Cn1c(=O)c2c(ncn2CCCBr)n(C)c1=O.Cn1c(=O)c2c(ncn2CCCN2C3CCC2CC(OCc2ccccc2F)C3)n(C)c1=O. The van der Waals surface area contributed by atoms with Crippen LogP contribution in [-0.2, 0) is 52.6 Å². The number of hydrogen-bond acceptors (Lipinski definition) is 8. The number of rotatable bonds is 10. The molecule has 5 aromatic rings. The maximum absolute atomic E-state index is 13.9. The Labute approximate surface area is 295 Å². The van der Waals surface area contributed by atoms with E-state index >= 15 is 0 Å². The van der Waals surface area contributed by atoms with Crippen molar-refractivity contribution < 1.29 is 9.13 Å². The molecule has 2 saturated heterocycles. The minimum atomic E-state index is -0.366. The minimum absolute atomic E-state index is 0.167. The molecule has 7 rings (SSSR count). The quantitative estimate of drug-likeness (QED) is 0.199. The van der Waals surface area contributed by atoms with Gasteiger partial charge in [-0.15, -0.1) is 0 Å². The van der Waals surface area contributed by atoms with Crippen molar-refractivity contribution in [3.05, 3.63) is 90.0 Å². The highest BCUT2D eigenvalue weighted by Gasteiger charge is 2.40. The third-order valence-corrected chi connectivity index (χ3v) is 10.6. The molecule has 2 unspecified atom stereocenters. The highest BCUT2D eigenvalue weighted by atomic mass is 79.9. The number of nitrogens with zero attached hydrogens (tertiary/aromatic N) is 9. The van der Waals surface area contributed by atoms with Gasteiger partial charge in [-0.3, -0.25) is 32.8 Å². The van der Waals surface area contributed by atoms with Crippen LogP contribution in [0.25, 0.3) is 22.3 Å². The number of piperidine rings is 1. The van der Waals surface area contributed by atoms with E-state index in [1.54, 1.807) is 43.4 Å². The van der Waals surface area contributed by atoms with E-state index in [2.05, 4.69) is 30.8 Å². The zero-order chi connectivity index (χ0) is 35.7. The van der Waals surface area contributed by atoms with Crippen molar-refractivity contribution in [2.24, 2.45) is 28.2 Å². The van der Waals surface area contributed by atoms with E-state index in [-0.39, 0.29) is 34.4 Å². The van der Waals surface area contributed by atoms with Crippen LogP contribution in [-0.4, -0.2) is 72.3 Å². The maximum atomic E-state index is 13.9. The molecule has 4 aromatic heterocycles. The van der Waals surface area contributed by atoms with Gasteiger partial charge >= 0.3 is 11.4 Å². The molecule has 0 aliphatic carbocycles. The fourth-order valence-corrected chi connectivity index (χ4v) is 7.59. The van der Waals surface area contributed by atoms with Crippen LogP contribution in [0.1, 0.15) is 44.1 Å². The largest absolute Gasteiger partial charge is 0.373 e. The molecule has 2 atom stereocenters. The fraction of sp³-hybridized carbons (Fsp3) is 0.529. The van der Waals surface area contributed by atoms with Gasteiger partial charge in [-0.2, -0.15) is 0 Å². The molecule has 268 valence electrons. The fourth-order valence-electron chi connectivity index (χ4n) is 7.34. The van der Waals surface area contributed by atoms with Crippen LogP contribution in [0, 0.1) is 5.82 Å². The second-order valence-corrected chi connectivity index (χ2v) is 13.9. The van der Waals surface area contributed by atoms with Crippen LogP contribution in [0.15, 0.2) is 56.1 Å². The number of hydrogen-bond donors (Lipinski definition) is 0. The topological polar surface area (TPSA) is 136 Å². The van der Waals surface area contributed by atoms with E-state index in [0.29, 0.717) is 59.7 Å². The molecule has 0 saturated carbocycles. The molecular weight excluding hydrogens is 713 g/mol. The lowest BCUT2D eigenvalue weighted by molar-refractivity contribution is -0.0293. The Kier molecular flexibility index (Phi) is 10.7. The van der Waals surface area contributed by atoms with E-state index in [1.165, 1.54) is 42.1 Å². The summed E-state index contributed by atoms with van der Waals surface area (Å²) in [5, 5.41) is 0.860. The van der Waals surface area contributed by atoms with Gasteiger partial charge in [0.2, 0.25) is 0 Å². The first-order valence-corrected chi connectivity index (χ1v) is 18.0. The lowest BCUT2D eigenvalue weighted by Gasteiger charge is -2.39. The summed E-state index contributed by atoms with van der Waals surface area (Å²) in [4.78, 5) is 59.5. The zero-order valence-electron chi connectivity index (χ0n) is 28.8. The number of fused-ring (bicyclic) bond motifs is 4. The average Bonchev–Trinajstić information content (AvgIpc) is 3.80. The third kappa shape index (κ3) is 6.80. The Bertz CT molecular complexity index is 2240. The number of alkyl halides is 1. The Balaban J connectivity index is 0.000000214. The molecule has 14 nitrogen and oxygen atoms in total. The maximum Gasteiger partial charge on any atom is 0.332 e. The predicted octanol–water partition coefficient (Wildman–Crippen LogP) is 2.39. The summed E-state index contributed by atoms with van der Waals surface area (Å²) in [7, 11) is 6.23. The van der Waals surface area contributed by atoms with Crippen LogP contribution in [0.2, 0.25) is 0 Å². The van der Waals surface area contributed by atoms with Gasteiger partial charge in [-0.1, -0.05) is 34.1 Å². The van der Waals surface area contributed by atoms with Crippen LogP contribution >= 0.6 is 15.9 Å². The van der Waals surface area contributed by atoms with Crippen LogP contribution in [0.4, 0.5) is 4.39 Å². The predicted molar refractivity (Wildman–Crippen MR) is 191 cm³/mol. The highest BCUT2D eigenvalue weighted by Crippen LogP contribution is 2.37. The summed E-state index contributed by atoms with van der Waals surface area (Å²) in [5.74, 6) is -0.208. The molecule has 2 aliphatic heterocycles. The van der Waals surface area contributed by atoms with Crippen molar-refractivity contribution in [1.29, 1.82) is 0 Å². The van der Waals surface area contributed by atoms with Gasteiger partial charge in [0.05, 0.1) is 25.4 Å². The van der Waals surface area contributed by atoms with Crippen LogP contribution < -0.4 is 22.5 Å². The highest BCUT2D eigenvalue weighted by molar-refractivity contribution is 9.09. The average molecular weight is 757 g/mol. The molecule has 16 heteroatoms. The van der Waals surface area contributed by atoms with Gasteiger partial charge in [0.15, 0.2) is 22.3 Å². The molecule has 0 spiro atoms. The Hall–Kier alpha value is -4.15. The van der Waals surface area contributed by atoms with E-state index < -0.39 is 0 Å². The van der Waals surface area contributed by atoms with Crippen molar-refractivity contribution >= 4 is 38.3 Å². The second-order valence-electron chi connectivity index (χ2n) is 13.1. The molecule has 2 bridgehead atoms. The molecule has 2 fully saturated rings. The first-order valence-electron chi connectivity index (χ1n) is 16.9. The van der Waals surface area contributed by atoms with Crippen molar-refractivity contribution in [1.82, 2.24) is 42.3 Å². The summed E-state index contributed by atoms with van der Waals surface area (Å²) >= 11 is 3.35. The van der Waals surface area contributed by atoms with E-state index in [1.807, 2.05) is 10.6 Å². The Morgan fingerprint density at radius 1 is 0.760 bits per heavy atom. The van der Waals surface area contributed by atoms with Gasteiger partial charge in [0.25, 0.3) is 11.1 Å². The van der Waals surface area contributed by atoms with Gasteiger partial charge in [0, 0.05) is 70.8 Å². The van der Waals surface area contributed by atoms with Crippen molar-refractivity contribution in [2.45, 2.75) is 76.4 Å². The van der Waals surface area contributed by atoms with Crippen LogP contribution in [0.5, 0.6) is 0 Å². The van der Waals surface area contributed by atoms with Gasteiger partial charge in [0.1, 0.15) is 5.82 Å². The smallest absolute Gasteiger partial charge is 0.332 e. The second kappa shape index (κ2) is 15.0. The lowest BCUT2D eigenvalue weighted by atomic mass is 9.99. The summed E-state index contributed by atoms with van der Waals surface area (Å²) in [6, 6.07) is 7.77. The molecule has 50 heavy (non-hydrogen) atoms. The molecule has 2 aliphatic rings. The number of aryl methyl sites for hydroxylation is 4. The monoisotopic (exact) mass is 755 g/mol. The summed E-state index contributed by atoms with van der Waals surface area (Å²) < 4.78 is 28.7. The summed E-state index contributed by atoms with van der Waals surface area (Å²) in [6.07, 6.45) is 9.50. The van der Waals surface area contributed by atoms with E-state index in [9.17, 15) is 23.6 Å². The van der Waals surface area contributed by atoms with Crippen molar-refractivity contribution in [3.8, 4) is 0 Å². The number of benzene rings is 1. The molecule has 0 amide bonds. The van der Waals surface area contributed by atoms with Gasteiger partial charge in [-0.05, 0) is 44.6 Å². The van der Waals surface area contributed by atoms with Gasteiger partial charge < -0.3 is 13.9 Å². The minimum Gasteiger partial charge on any atom is -0.373 e. The first-order chi connectivity index (χ1) is 24.0. The molecule has 6 heterocycles. The third-order valence-electron chi connectivity index (χ3n) is 10.1. The number of imidazole rings is 2. The zero-order valence-corrected chi connectivity index (χ0v) is 30.4. The number of aromatic nitrogens is 8. The lowest BCUT2D eigenvalue weighted by Crippen LogP contribution is -2.46. The standard InChI is InChI=1S/C24H30FN5O3.C10H13BrN4O2/c1-27-22-21(23(31)28(2)24(27)32)29(15-26-22)10-5-11-30-17-8-9-18(30)13-19(12-17)33-14-16-6-3-4-7-20(16)25;1-13-8-7(9(16)14(2)10(13)17)15(6-12-8)5-3-4-11/h3-4,6-7,15,17-19H,5,8-14H2,1-2H3;6H,3-5H2,1-2H3. The molecular formula is C34H43BrFN9O5. The van der Waals surface area contributed by atoms with E-state index in [0.717, 1.165) is 46.7 Å². The van der Waals surface area contributed by atoms with Crippen molar-refractivity contribution in [2.75, 3.05) is 11.9 Å². The van der Waals surface area contributed by atoms with E-state index in [4.69, 9.17) is 4.74 Å². The van der Waals surface area contributed by atoms with Crippen LogP contribution in [0.3, 0.4) is 0 Å².